The molecule has 3 nitrogen and oxygen atoms in total. The molecule has 1 aliphatic rings. The van der Waals surface area contributed by atoms with Crippen molar-refractivity contribution in [3.8, 4) is 0 Å². The molecule has 1 aromatic heterocycles. The van der Waals surface area contributed by atoms with Gasteiger partial charge in [-0.05, 0) is 6.07 Å². The number of nitrogens with zero attached hydrogens (tertiary/aromatic N) is 3. The van der Waals surface area contributed by atoms with Crippen LogP contribution in [0.5, 0.6) is 0 Å². The standard InChI is InChI=1S/C6H4N3/c1-2-5-4-8-9-6(5)7-3-1/h1-2H,4H2. The first-order valence-electron chi connectivity index (χ1n) is 2.70. The lowest BCUT2D eigenvalue weighted by molar-refractivity contribution is 1.04. The molecule has 1 radical (unpaired) electrons. The summed E-state index contributed by atoms with van der Waals surface area (Å²) in [7, 11) is 0. The molecule has 0 atom stereocenters. The van der Waals surface area contributed by atoms with Gasteiger partial charge in [0.05, 0.1) is 12.7 Å². The van der Waals surface area contributed by atoms with E-state index in [0.29, 0.717) is 6.54 Å². The van der Waals surface area contributed by atoms with Crippen LogP contribution >= 0.6 is 0 Å². The Morgan fingerprint density at radius 1 is 1.56 bits per heavy atom. The van der Waals surface area contributed by atoms with E-state index in [1.54, 1.807) is 6.07 Å². The number of rotatable bonds is 0. The van der Waals surface area contributed by atoms with Crippen molar-refractivity contribution in [3.63, 3.8) is 0 Å². The highest BCUT2D eigenvalue weighted by Crippen LogP contribution is 2.21. The largest absolute Gasteiger partial charge is 0.225 e. The molecule has 2 heterocycles. The summed E-state index contributed by atoms with van der Waals surface area (Å²) in [5, 5.41) is 7.58. The monoisotopic (exact) mass is 118 g/mol. The topological polar surface area (TPSA) is 37.6 Å². The average Bonchev–Trinajstić information content (AvgIpc) is 2.33. The Hall–Kier alpha value is -1.25. The molecule has 2 rings (SSSR count). The third kappa shape index (κ3) is 0.614. The van der Waals surface area contributed by atoms with Crippen molar-refractivity contribution in [2.75, 3.05) is 0 Å². The van der Waals surface area contributed by atoms with E-state index >= 15 is 0 Å². The maximum absolute atomic E-state index is 3.87. The summed E-state index contributed by atoms with van der Waals surface area (Å²) < 4.78 is 0. The number of azo groups is 1. The van der Waals surface area contributed by atoms with Crippen LogP contribution in [0.15, 0.2) is 22.4 Å². The van der Waals surface area contributed by atoms with Gasteiger partial charge in [0.1, 0.15) is 0 Å². The maximum Gasteiger partial charge on any atom is 0.179 e. The summed E-state index contributed by atoms with van der Waals surface area (Å²) in [6.07, 6.45) is 2.69. The van der Waals surface area contributed by atoms with Gasteiger partial charge in [-0.15, -0.1) is 5.11 Å². The molecule has 43 valence electrons. The summed E-state index contributed by atoms with van der Waals surface area (Å²) in [6.45, 7) is 0.678. The zero-order chi connectivity index (χ0) is 6.10. The minimum absolute atomic E-state index is 0.678. The second kappa shape index (κ2) is 1.62. The van der Waals surface area contributed by atoms with Crippen LogP contribution in [0.4, 0.5) is 5.82 Å². The lowest BCUT2D eigenvalue weighted by atomic mass is 10.3. The molecule has 0 saturated carbocycles. The minimum atomic E-state index is 0.678. The van der Waals surface area contributed by atoms with Crippen molar-refractivity contribution in [3.05, 3.63) is 23.9 Å². The van der Waals surface area contributed by atoms with Crippen LogP contribution in [0.2, 0.25) is 0 Å². The van der Waals surface area contributed by atoms with Crippen LogP contribution in [-0.4, -0.2) is 4.98 Å². The Bertz CT molecular complexity index is 254. The fourth-order valence-electron chi connectivity index (χ4n) is 0.771. The van der Waals surface area contributed by atoms with Gasteiger partial charge in [-0.3, -0.25) is 0 Å². The maximum atomic E-state index is 3.87. The lowest BCUT2D eigenvalue weighted by Crippen LogP contribution is -1.76. The Balaban J connectivity index is 2.63. The molecular weight excluding hydrogens is 114 g/mol. The molecule has 0 N–H and O–H groups in total. The van der Waals surface area contributed by atoms with Crippen molar-refractivity contribution in [2.45, 2.75) is 6.54 Å². The van der Waals surface area contributed by atoms with Crippen LogP contribution < -0.4 is 0 Å². The smallest absolute Gasteiger partial charge is 0.179 e. The molecule has 0 bridgehead atoms. The van der Waals surface area contributed by atoms with Crippen LogP contribution in [0.3, 0.4) is 0 Å². The van der Waals surface area contributed by atoms with Crippen molar-refractivity contribution in [2.24, 2.45) is 10.2 Å². The van der Waals surface area contributed by atoms with Gasteiger partial charge in [-0.25, -0.2) is 4.98 Å². The van der Waals surface area contributed by atoms with Gasteiger partial charge in [-0.2, -0.15) is 5.11 Å². The summed E-state index contributed by atoms with van der Waals surface area (Å²) in [5.74, 6) is 0.720. The molecule has 1 aliphatic heterocycles. The third-order valence-electron chi connectivity index (χ3n) is 1.22. The van der Waals surface area contributed by atoms with Crippen molar-refractivity contribution >= 4 is 5.82 Å². The molecule has 1 aromatic rings. The molecule has 9 heavy (non-hydrogen) atoms. The van der Waals surface area contributed by atoms with E-state index in [4.69, 9.17) is 0 Å². The van der Waals surface area contributed by atoms with Crippen LogP contribution in [0, 0.1) is 6.20 Å². The summed E-state index contributed by atoms with van der Waals surface area (Å²) in [4.78, 5) is 3.87. The van der Waals surface area contributed by atoms with E-state index in [2.05, 4.69) is 21.4 Å². The number of hydrogen-bond acceptors (Lipinski definition) is 3. The van der Waals surface area contributed by atoms with Gasteiger partial charge in [-0.1, -0.05) is 6.07 Å². The quantitative estimate of drug-likeness (QED) is 0.508. The summed E-state index contributed by atoms with van der Waals surface area (Å²) in [5.41, 5.74) is 1.09. The second-order valence-electron chi connectivity index (χ2n) is 1.82. The first-order valence-corrected chi connectivity index (χ1v) is 2.70. The van der Waals surface area contributed by atoms with Crippen molar-refractivity contribution in [1.29, 1.82) is 0 Å². The van der Waals surface area contributed by atoms with E-state index < -0.39 is 0 Å². The Kier molecular flexibility index (Phi) is 0.828. The molecule has 0 aliphatic carbocycles. The molecule has 0 aromatic carbocycles. The van der Waals surface area contributed by atoms with Gasteiger partial charge in [0, 0.05) is 5.56 Å². The fraction of sp³-hybridized carbons (Fsp3) is 0.167. The zero-order valence-corrected chi connectivity index (χ0v) is 4.70. The highest BCUT2D eigenvalue weighted by atomic mass is 15.2. The number of fused-ring (bicyclic) bond motifs is 1. The number of hydrogen-bond donors (Lipinski definition) is 0. The summed E-state index contributed by atoms with van der Waals surface area (Å²) in [6, 6.07) is 3.71. The molecular formula is C6H4N3. The predicted octanol–water partition coefficient (Wildman–Crippen LogP) is 1.48. The van der Waals surface area contributed by atoms with Crippen molar-refractivity contribution < 1.29 is 0 Å². The average molecular weight is 118 g/mol. The SMILES string of the molecule is [c]1ccc2c(n1)N=NC2. The van der Waals surface area contributed by atoms with E-state index in [1.807, 2.05) is 6.07 Å². The first-order chi connectivity index (χ1) is 4.47. The van der Waals surface area contributed by atoms with Gasteiger partial charge < -0.3 is 0 Å². The minimum Gasteiger partial charge on any atom is -0.225 e. The second-order valence-corrected chi connectivity index (χ2v) is 1.82. The van der Waals surface area contributed by atoms with Crippen LogP contribution in [-0.2, 0) is 6.54 Å². The lowest BCUT2D eigenvalue weighted by Gasteiger charge is -1.87. The zero-order valence-electron chi connectivity index (χ0n) is 4.70. The highest BCUT2D eigenvalue weighted by Gasteiger charge is 2.05. The fourth-order valence-corrected chi connectivity index (χ4v) is 0.771. The Morgan fingerprint density at radius 3 is 3.44 bits per heavy atom. The number of aromatic nitrogens is 1. The normalized spacial score (nSPS) is 13.8. The van der Waals surface area contributed by atoms with E-state index in [0.717, 1.165) is 11.4 Å². The highest BCUT2D eigenvalue weighted by molar-refractivity contribution is 5.38. The van der Waals surface area contributed by atoms with E-state index in [1.165, 1.54) is 0 Å². The van der Waals surface area contributed by atoms with Gasteiger partial charge in [0.15, 0.2) is 5.82 Å². The molecule has 0 unspecified atom stereocenters. The molecule has 0 amide bonds. The van der Waals surface area contributed by atoms with Crippen LogP contribution in [0.1, 0.15) is 5.56 Å². The molecule has 0 spiro atoms. The molecule has 3 heteroatoms. The van der Waals surface area contributed by atoms with Gasteiger partial charge >= 0.3 is 0 Å². The molecule has 0 fully saturated rings. The summed E-state index contributed by atoms with van der Waals surface area (Å²) >= 11 is 0. The van der Waals surface area contributed by atoms with Crippen LogP contribution in [0.25, 0.3) is 0 Å². The third-order valence-corrected chi connectivity index (χ3v) is 1.22. The van der Waals surface area contributed by atoms with E-state index in [9.17, 15) is 0 Å². The Morgan fingerprint density at radius 2 is 2.56 bits per heavy atom. The predicted molar refractivity (Wildman–Crippen MR) is 31.3 cm³/mol. The Labute approximate surface area is 52.5 Å². The first kappa shape index (κ1) is 4.61. The molecule has 0 saturated heterocycles. The van der Waals surface area contributed by atoms with E-state index in [-0.39, 0.29) is 0 Å². The van der Waals surface area contributed by atoms with Gasteiger partial charge in [0.25, 0.3) is 0 Å². The van der Waals surface area contributed by atoms with Crippen molar-refractivity contribution in [1.82, 2.24) is 4.98 Å². The van der Waals surface area contributed by atoms with Gasteiger partial charge in [0.2, 0.25) is 0 Å². The number of pyridine rings is 1.